The van der Waals surface area contributed by atoms with Crippen LogP contribution in [0.2, 0.25) is 0 Å². The molecular weight excluding hydrogens is 701 g/mol. The van der Waals surface area contributed by atoms with E-state index in [1.54, 1.807) is 66.7 Å². The van der Waals surface area contributed by atoms with Gasteiger partial charge in [-0.25, -0.2) is 0 Å². The number of aromatic hydroxyl groups is 1. The fourth-order valence-corrected chi connectivity index (χ4v) is 5.55. The lowest BCUT2D eigenvalue weighted by Gasteiger charge is -2.09. The topological polar surface area (TPSA) is 297 Å². The predicted octanol–water partition coefficient (Wildman–Crippen LogP) is 9.02. The van der Waals surface area contributed by atoms with Gasteiger partial charge < -0.3 is 38.5 Å². The summed E-state index contributed by atoms with van der Waals surface area (Å²) in [6.45, 7) is 0. The fourth-order valence-electron chi connectivity index (χ4n) is 4.89. The van der Waals surface area contributed by atoms with Crippen LogP contribution in [0.3, 0.4) is 0 Å². The van der Waals surface area contributed by atoms with E-state index in [1.807, 2.05) is 0 Å². The molecule has 0 amide bonds. The van der Waals surface area contributed by atoms with Gasteiger partial charge in [0.2, 0.25) is 0 Å². The number of benzene rings is 6. The van der Waals surface area contributed by atoms with E-state index in [9.17, 15) is 23.2 Å². The molecule has 6 aromatic carbocycles. The second-order valence-electron chi connectivity index (χ2n) is 11.3. The van der Waals surface area contributed by atoms with Gasteiger partial charge in [0.25, 0.3) is 16.1 Å². The molecule has 0 fully saturated rings. The average molecular weight is 731 g/mol. The Kier molecular flexibility index (Phi) is 9.89. The van der Waals surface area contributed by atoms with Crippen LogP contribution >= 0.6 is 0 Å². The molecule has 0 saturated heterocycles. The number of hydrogen-bond acceptors (Lipinski definition) is 14. The first-order chi connectivity index (χ1) is 25.3. The number of azo groups is 3. The van der Waals surface area contributed by atoms with Crippen LogP contribution in [0.4, 0.5) is 68.2 Å². The normalized spacial score (nSPS) is 12.4. The zero-order valence-electron chi connectivity index (χ0n) is 27.4. The number of phenols is 1. The van der Waals surface area contributed by atoms with E-state index < -0.39 is 32.5 Å². The first-order valence-electron chi connectivity index (χ1n) is 15.4. The lowest BCUT2D eigenvalue weighted by molar-refractivity contribution is 0.472. The Labute approximate surface area is 301 Å². The van der Waals surface area contributed by atoms with Crippen molar-refractivity contribution in [1.29, 1.82) is 0 Å². The van der Waals surface area contributed by atoms with Crippen LogP contribution in [0.15, 0.2) is 150 Å². The average Bonchev–Trinajstić information content (AvgIpc) is 3.10. The molecule has 0 radical (unpaired) electrons. The molecule has 6 aromatic rings. The van der Waals surface area contributed by atoms with Crippen molar-refractivity contribution in [3.05, 3.63) is 109 Å². The van der Waals surface area contributed by atoms with E-state index in [0.717, 1.165) is 6.07 Å². The minimum absolute atomic E-state index is 0.157. The largest absolute Gasteiger partial charge is 0.505 e. The minimum atomic E-state index is -4.86. The maximum Gasteiger partial charge on any atom is 0.296 e. The van der Waals surface area contributed by atoms with Crippen molar-refractivity contribution in [1.82, 2.24) is 0 Å². The highest BCUT2D eigenvalue weighted by Gasteiger charge is 2.22. The van der Waals surface area contributed by atoms with Crippen molar-refractivity contribution in [2.45, 2.75) is 4.90 Å². The Bertz CT molecular complexity index is 2610. The van der Waals surface area contributed by atoms with Crippen molar-refractivity contribution in [2.24, 2.45) is 35.7 Å². The number of phenolic OH excluding ortho intramolecular Hbond substituents is 1. The summed E-state index contributed by atoms with van der Waals surface area (Å²) in [6, 6.07) is 27.6. The molecule has 0 aliphatic heterocycles. The molecule has 0 unspecified atom stereocenters. The van der Waals surface area contributed by atoms with Gasteiger partial charge in [-0.2, -0.15) is 28.8 Å². The molecule has 53 heavy (non-hydrogen) atoms. The maximum atomic E-state index is 12.3. The Morgan fingerprint density at radius 1 is 0.604 bits per heavy atom. The van der Waals surface area contributed by atoms with Crippen molar-refractivity contribution in [2.75, 3.05) is 28.3 Å². The highest BCUT2D eigenvalue weighted by atomic mass is 32.2. The van der Waals surface area contributed by atoms with E-state index in [2.05, 4.69) is 41.0 Å². The zero-order valence-corrected chi connectivity index (χ0v) is 28.2. The van der Waals surface area contributed by atoms with Gasteiger partial charge in [0.15, 0.2) is 5.75 Å². The van der Waals surface area contributed by atoms with Gasteiger partial charge in [0.1, 0.15) is 22.0 Å². The number of rotatable bonds is 9. The summed E-state index contributed by atoms with van der Waals surface area (Å²) in [5.41, 5.74) is 26.9. The van der Waals surface area contributed by atoms with Crippen molar-refractivity contribution < 1.29 is 23.2 Å². The van der Waals surface area contributed by atoms with Gasteiger partial charge in [0.05, 0.1) is 34.1 Å². The second-order valence-corrected chi connectivity index (χ2v) is 12.7. The van der Waals surface area contributed by atoms with E-state index in [-0.39, 0.29) is 16.5 Å². The molecule has 18 heteroatoms. The Morgan fingerprint density at radius 2 is 1.17 bits per heavy atom. The third-order valence-corrected chi connectivity index (χ3v) is 8.26. The number of nitrogens with zero attached hydrogens (tertiary/aromatic N) is 7. The van der Waals surface area contributed by atoms with Gasteiger partial charge >= 0.3 is 0 Å². The molecular formula is C35H30N12O5S. The van der Waals surface area contributed by atoms with Gasteiger partial charge in [-0.05, 0) is 96.4 Å². The van der Waals surface area contributed by atoms with E-state index >= 15 is 0 Å². The number of amidine groups is 1. The fraction of sp³-hybridized carbons (Fsp3) is 0. The van der Waals surface area contributed by atoms with Crippen LogP contribution in [0.1, 0.15) is 0 Å². The number of anilines is 5. The molecule has 0 aliphatic rings. The number of fused-ring (bicyclic) bond motifs is 1. The molecule has 17 nitrogen and oxygen atoms in total. The summed E-state index contributed by atoms with van der Waals surface area (Å²) < 4.78 is 34.6. The van der Waals surface area contributed by atoms with Crippen molar-refractivity contribution >= 4 is 95.2 Å². The van der Waals surface area contributed by atoms with Gasteiger partial charge in [-0.15, -0.1) is 15.3 Å². The van der Waals surface area contributed by atoms with E-state index in [0.29, 0.717) is 56.9 Å². The predicted molar refractivity (Wildman–Crippen MR) is 205 cm³/mol. The molecule has 0 heterocycles. The number of aliphatic hydroxyl groups excluding tert-OH is 1. The van der Waals surface area contributed by atoms with Gasteiger partial charge in [-0.3, -0.25) is 4.55 Å². The van der Waals surface area contributed by atoms with E-state index in [1.165, 1.54) is 36.4 Å². The van der Waals surface area contributed by atoms with Crippen LogP contribution in [-0.2, 0) is 10.1 Å². The second kappa shape index (κ2) is 14.8. The monoisotopic (exact) mass is 730 g/mol. The summed E-state index contributed by atoms with van der Waals surface area (Å²) in [5.74, 6) is -0.583. The summed E-state index contributed by atoms with van der Waals surface area (Å²) in [4.78, 5) is 3.48. The standard InChI is InChI=1S/C35H30N12O5S/c36-20-8-11-30(28(38)14-20)45-42-24-5-1-3-22(16-24)40-35(49)41-23-4-2-6-25(17-23)44-47-33-32(53(50,51)52)13-19-7-10-26(18-27(19)34(33)48)43-46-31-12-9-21(37)15-29(31)39/h1-18,48H,36-39H2,(H2,40,41,49)(H,50,51,52). The third kappa shape index (κ3) is 8.66. The lowest BCUT2D eigenvalue weighted by atomic mass is 10.1. The van der Waals surface area contributed by atoms with Crippen LogP contribution in [0.25, 0.3) is 10.8 Å². The van der Waals surface area contributed by atoms with Crippen LogP contribution in [-0.4, -0.2) is 29.2 Å². The first kappa shape index (κ1) is 35.4. The highest BCUT2D eigenvalue weighted by Crippen LogP contribution is 2.43. The number of aliphatic hydroxyl groups is 1. The molecule has 0 bridgehead atoms. The zero-order chi connectivity index (χ0) is 37.7. The Hall–Kier alpha value is -7.44. The third-order valence-electron chi connectivity index (χ3n) is 7.40. The number of nitrogens with one attached hydrogen (secondary N) is 1. The van der Waals surface area contributed by atoms with Crippen LogP contribution < -0.4 is 28.3 Å². The highest BCUT2D eigenvalue weighted by molar-refractivity contribution is 7.86. The maximum absolute atomic E-state index is 12.3. The summed E-state index contributed by atoms with van der Waals surface area (Å²) >= 11 is 0. The van der Waals surface area contributed by atoms with Crippen LogP contribution in [0, 0.1) is 0 Å². The number of nitrogens with two attached hydrogens (primary N) is 4. The molecule has 0 aromatic heterocycles. The van der Waals surface area contributed by atoms with E-state index in [4.69, 9.17) is 22.9 Å². The van der Waals surface area contributed by atoms with Gasteiger partial charge in [0, 0.05) is 22.4 Å². The molecule has 266 valence electrons. The van der Waals surface area contributed by atoms with Crippen molar-refractivity contribution in [3.8, 4) is 5.75 Å². The Balaban J connectivity index is 1.23. The molecule has 0 aliphatic carbocycles. The summed E-state index contributed by atoms with van der Waals surface area (Å²) in [7, 11) is -4.86. The molecule has 12 N–H and O–H groups in total. The summed E-state index contributed by atoms with van der Waals surface area (Å²) in [5, 5.41) is 49.6. The lowest BCUT2D eigenvalue weighted by Crippen LogP contribution is -2.09. The quantitative estimate of drug-likeness (QED) is 0.0229. The Morgan fingerprint density at radius 3 is 1.79 bits per heavy atom. The number of nitrogen functional groups attached to an aromatic ring is 4. The number of hydrogen-bond donors (Lipinski definition) is 8. The smallest absolute Gasteiger partial charge is 0.296 e. The molecule has 0 saturated carbocycles. The molecule has 6 rings (SSSR count). The van der Waals surface area contributed by atoms with Crippen molar-refractivity contribution in [3.63, 3.8) is 0 Å². The first-order valence-corrected chi connectivity index (χ1v) is 16.8. The van der Waals surface area contributed by atoms with Crippen LogP contribution in [0.5, 0.6) is 5.75 Å². The minimum Gasteiger partial charge on any atom is -0.505 e. The number of aliphatic imine (C=N–C) groups is 1. The molecule has 0 spiro atoms. The summed E-state index contributed by atoms with van der Waals surface area (Å²) in [6.07, 6.45) is 0. The SMILES string of the molecule is Nc1ccc(N=Nc2cccc(N=C(O)Nc3cccc(N=Nc4c(S(=O)(=O)O)cc5ccc(N=Nc6ccc(N)cc6N)cc5c4O)c3)c2)c(N)c1. The van der Waals surface area contributed by atoms with Gasteiger partial charge in [-0.1, -0.05) is 18.2 Å². The molecule has 0 atom stereocenters.